The first-order valence-electron chi connectivity index (χ1n) is 19.6. The number of halogens is 3. The highest BCUT2D eigenvalue weighted by Crippen LogP contribution is 2.43. The summed E-state index contributed by atoms with van der Waals surface area (Å²) < 4.78 is 47.5. The van der Waals surface area contributed by atoms with Gasteiger partial charge in [-0.2, -0.15) is 13.2 Å². The molecule has 0 atom stereocenters. The van der Waals surface area contributed by atoms with Crippen LogP contribution >= 0.6 is 0 Å². The molecular weight excluding hydrogens is 752 g/mol. The van der Waals surface area contributed by atoms with Gasteiger partial charge in [0.1, 0.15) is 0 Å². The molecule has 0 N–H and O–H groups in total. The van der Waals surface area contributed by atoms with Gasteiger partial charge in [-0.15, -0.1) is 0 Å². The van der Waals surface area contributed by atoms with Gasteiger partial charge in [0.2, 0.25) is 0 Å². The van der Waals surface area contributed by atoms with Crippen LogP contribution < -0.4 is 0 Å². The van der Waals surface area contributed by atoms with E-state index in [1.54, 1.807) is 6.07 Å². The number of nitrogens with zero attached hydrogens (tertiary/aromatic N) is 5. The molecule has 3 heterocycles. The van der Waals surface area contributed by atoms with Crippen LogP contribution in [-0.4, -0.2) is 24.1 Å². The molecule has 5 nitrogen and oxygen atoms in total. The van der Waals surface area contributed by atoms with Crippen LogP contribution in [0.5, 0.6) is 0 Å². The molecular formula is C52H32F3N5. The second-order valence-corrected chi connectivity index (χ2v) is 14.7. The van der Waals surface area contributed by atoms with Gasteiger partial charge >= 0.3 is 6.18 Å². The lowest BCUT2D eigenvalue weighted by atomic mass is 9.98. The molecule has 0 spiro atoms. The maximum absolute atomic E-state index is 14.4. The Morgan fingerprint density at radius 2 is 0.900 bits per heavy atom. The molecule has 11 rings (SSSR count). The quantitative estimate of drug-likeness (QED) is 0.169. The van der Waals surface area contributed by atoms with E-state index in [0.29, 0.717) is 39.6 Å². The summed E-state index contributed by atoms with van der Waals surface area (Å²) in [5.74, 6) is 1.33. The molecule has 0 fully saturated rings. The Balaban J connectivity index is 1.25. The van der Waals surface area contributed by atoms with Crippen LogP contribution in [0.15, 0.2) is 194 Å². The Morgan fingerprint density at radius 1 is 0.367 bits per heavy atom. The van der Waals surface area contributed by atoms with Gasteiger partial charge in [-0.25, -0.2) is 15.0 Å². The topological polar surface area (TPSA) is 48.5 Å². The van der Waals surface area contributed by atoms with Crippen molar-refractivity contribution in [3.05, 3.63) is 200 Å². The lowest BCUT2D eigenvalue weighted by Crippen LogP contribution is -2.06. The van der Waals surface area contributed by atoms with Crippen molar-refractivity contribution in [2.24, 2.45) is 0 Å². The summed E-state index contributed by atoms with van der Waals surface area (Å²) in [6, 6.07) is 62.3. The zero-order chi connectivity index (χ0) is 40.4. The van der Waals surface area contributed by atoms with Crippen molar-refractivity contribution in [1.29, 1.82) is 0 Å². The van der Waals surface area contributed by atoms with Gasteiger partial charge in [0.25, 0.3) is 0 Å². The molecule has 0 aliphatic rings. The number of hydrogen-bond donors (Lipinski definition) is 0. The molecule has 0 aliphatic heterocycles. The molecule has 0 amide bonds. The van der Waals surface area contributed by atoms with Gasteiger partial charge in [0.05, 0.1) is 33.3 Å². The number of para-hydroxylation sites is 4. The molecule has 286 valence electrons. The van der Waals surface area contributed by atoms with E-state index in [9.17, 15) is 13.2 Å². The fraction of sp³-hybridized carbons (Fsp3) is 0.0192. The second kappa shape index (κ2) is 13.9. The zero-order valence-electron chi connectivity index (χ0n) is 31.8. The number of aromatic nitrogens is 5. The van der Waals surface area contributed by atoms with E-state index in [2.05, 4.69) is 65.2 Å². The molecule has 11 aromatic rings. The molecule has 60 heavy (non-hydrogen) atoms. The zero-order valence-corrected chi connectivity index (χ0v) is 31.8. The van der Waals surface area contributed by atoms with Crippen molar-refractivity contribution in [3.8, 4) is 56.7 Å². The Bertz CT molecular complexity index is 3350. The SMILES string of the molecule is FC(F)(F)c1ccc2c3ccccc3n(-c3ccc(-c4cccc5c6ccccc6n(-c6ccccc6)c45)cc3-c3nc(-c4ccccc4)nc(-c4ccccc4)n3)c2c1. The summed E-state index contributed by atoms with van der Waals surface area (Å²) in [5, 5.41) is 3.76. The van der Waals surface area contributed by atoms with Crippen LogP contribution in [-0.2, 0) is 6.18 Å². The molecule has 0 aliphatic carbocycles. The number of alkyl halides is 3. The van der Waals surface area contributed by atoms with Crippen molar-refractivity contribution in [2.45, 2.75) is 6.18 Å². The van der Waals surface area contributed by atoms with Crippen LogP contribution in [0.3, 0.4) is 0 Å². The van der Waals surface area contributed by atoms with Crippen LogP contribution in [0, 0.1) is 0 Å². The average Bonchev–Trinajstić information content (AvgIpc) is 3.82. The monoisotopic (exact) mass is 783 g/mol. The maximum atomic E-state index is 14.4. The molecule has 0 saturated heterocycles. The third-order valence-corrected chi connectivity index (χ3v) is 11.2. The fourth-order valence-electron chi connectivity index (χ4n) is 8.51. The summed E-state index contributed by atoms with van der Waals surface area (Å²) in [6.45, 7) is 0. The highest BCUT2D eigenvalue weighted by Gasteiger charge is 2.32. The highest BCUT2D eigenvalue weighted by molar-refractivity contribution is 6.14. The first kappa shape index (κ1) is 35.3. The summed E-state index contributed by atoms with van der Waals surface area (Å²) in [5.41, 5.74) is 8.31. The molecule has 0 saturated carbocycles. The number of rotatable bonds is 6. The summed E-state index contributed by atoms with van der Waals surface area (Å²) in [4.78, 5) is 15.3. The van der Waals surface area contributed by atoms with Gasteiger partial charge in [0, 0.05) is 49.5 Å². The van der Waals surface area contributed by atoms with Crippen LogP contribution in [0.1, 0.15) is 5.56 Å². The third-order valence-electron chi connectivity index (χ3n) is 11.2. The molecule has 8 heteroatoms. The van der Waals surface area contributed by atoms with E-state index < -0.39 is 11.7 Å². The molecule has 3 aromatic heterocycles. The van der Waals surface area contributed by atoms with Crippen molar-refractivity contribution >= 4 is 43.6 Å². The predicted octanol–water partition coefficient (Wildman–Crippen LogP) is 13.8. The van der Waals surface area contributed by atoms with Gasteiger partial charge in [-0.3, -0.25) is 0 Å². The lowest BCUT2D eigenvalue weighted by Gasteiger charge is -2.17. The molecule has 0 radical (unpaired) electrons. The Kier molecular flexibility index (Phi) is 8.20. The first-order valence-corrected chi connectivity index (χ1v) is 19.6. The maximum Gasteiger partial charge on any atom is 0.416 e. The van der Waals surface area contributed by atoms with Gasteiger partial charge in [0.15, 0.2) is 17.5 Å². The van der Waals surface area contributed by atoms with E-state index in [1.165, 1.54) is 6.07 Å². The molecule has 0 unspecified atom stereocenters. The smallest absolute Gasteiger partial charge is 0.309 e. The summed E-state index contributed by atoms with van der Waals surface area (Å²) >= 11 is 0. The lowest BCUT2D eigenvalue weighted by molar-refractivity contribution is -0.137. The Hall–Kier alpha value is -7.84. The van der Waals surface area contributed by atoms with E-state index in [0.717, 1.165) is 66.7 Å². The van der Waals surface area contributed by atoms with Crippen molar-refractivity contribution in [1.82, 2.24) is 24.1 Å². The van der Waals surface area contributed by atoms with Gasteiger partial charge in [-0.05, 0) is 54.1 Å². The fourth-order valence-corrected chi connectivity index (χ4v) is 8.51. The van der Waals surface area contributed by atoms with Crippen LogP contribution in [0.2, 0.25) is 0 Å². The third kappa shape index (κ3) is 5.83. The van der Waals surface area contributed by atoms with Crippen molar-refractivity contribution < 1.29 is 13.2 Å². The second-order valence-electron chi connectivity index (χ2n) is 14.7. The summed E-state index contributed by atoms with van der Waals surface area (Å²) in [6.07, 6.45) is -4.54. The molecule has 8 aromatic carbocycles. The van der Waals surface area contributed by atoms with E-state index in [-0.39, 0.29) is 0 Å². The highest BCUT2D eigenvalue weighted by atomic mass is 19.4. The number of benzene rings is 8. The largest absolute Gasteiger partial charge is 0.416 e. The van der Waals surface area contributed by atoms with E-state index >= 15 is 0 Å². The van der Waals surface area contributed by atoms with Crippen LogP contribution in [0.4, 0.5) is 13.2 Å². The van der Waals surface area contributed by atoms with Crippen molar-refractivity contribution in [3.63, 3.8) is 0 Å². The summed E-state index contributed by atoms with van der Waals surface area (Å²) in [7, 11) is 0. The van der Waals surface area contributed by atoms with Gasteiger partial charge < -0.3 is 9.13 Å². The minimum Gasteiger partial charge on any atom is -0.309 e. The minimum atomic E-state index is -4.54. The normalized spacial score (nSPS) is 11.9. The Morgan fingerprint density at radius 3 is 1.55 bits per heavy atom. The standard InChI is InChI=1S/C52H32F3N5/c53-52(54,55)36-28-29-41-39-21-10-13-26-45(39)60(47(41)32-36)46-30-27-35(38-23-14-24-42-40-22-11-12-25-44(40)59(48(38)42)37-19-8-3-9-20-37)31-43(46)51-57-49(33-15-4-1-5-16-33)56-50(58-51)34-17-6-2-7-18-34/h1-32H. The Labute approximate surface area is 342 Å². The number of hydrogen-bond acceptors (Lipinski definition) is 3. The minimum absolute atomic E-state index is 0.383. The number of fused-ring (bicyclic) bond motifs is 6. The van der Waals surface area contributed by atoms with E-state index in [4.69, 9.17) is 15.0 Å². The average molecular weight is 784 g/mol. The van der Waals surface area contributed by atoms with E-state index in [1.807, 2.05) is 120 Å². The van der Waals surface area contributed by atoms with Gasteiger partial charge in [-0.1, -0.05) is 146 Å². The first-order chi connectivity index (χ1) is 29.4. The van der Waals surface area contributed by atoms with Crippen molar-refractivity contribution in [2.75, 3.05) is 0 Å². The van der Waals surface area contributed by atoms with Crippen LogP contribution in [0.25, 0.3) is 100 Å². The predicted molar refractivity (Wildman–Crippen MR) is 235 cm³/mol. The molecule has 0 bridgehead atoms.